The van der Waals surface area contributed by atoms with Gasteiger partial charge >= 0.3 is 6.09 Å². The van der Waals surface area contributed by atoms with Gasteiger partial charge in [-0.15, -0.1) is 0 Å². The summed E-state index contributed by atoms with van der Waals surface area (Å²) in [6, 6.07) is 6.33. The van der Waals surface area contributed by atoms with Crippen molar-refractivity contribution in [2.75, 3.05) is 25.1 Å². The van der Waals surface area contributed by atoms with Gasteiger partial charge in [-0.05, 0) is 110 Å². The van der Waals surface area contributed by atoms with E-state index in [1.54, 1.807) is 24.3 Å². The molecular formula is C46H66ClNO15. The number of halogens is 1. The van der Waals surface area contributed by atoms with Crippen LogP contribution in [0.3, 0.4) is 0 Å². The average Bonchev–Trinajstić information content (AvgIpc) is 3.70. The molecule has 9 rings (SSSR count). The highest BCUT2D eigenvalue weighted by Crippen LogP contribution is 2.70. The number of benzene rings is 1. The molecule has 1 aromatic carbocycles. The highest BCUT2D eigenvalue weighted by Gasteiger charge is 2.71. The molecule has 352 valence electrons. The normalized spacial score (nSPS) is 50.6. The van der Waals surface area contributed by atoms with Crippen LogP contribution in [-0.4, -0.2) is 142 Å². The zero-order valence-corrected chi connectivity index (χ0v) is 37.3. The van der Waals surface area contributed by atoms with Crippen molar-refractivity contribution in [3.05, 3.63) is 29.3 Å². The molecule has 4 saturated heterocycles. The summed E-state index contributed by atoms with van der Waals surface area (Å²) in [4.78, 5) is 27.5. The van der Waals surface area contributed by atoms with Gasteiger partial charge in [0.05, 0.1) is 25.4 Å². The topological polar surface area (TPSA) is 232 Å². The highest BCUT2D eigenvalue weighted by atomic mass is 35.5. The number of Topliss-reactive ketones (excluding diaryl/α,β-unsaturated/α-hetero) is 1. The molecule has 4 aliphatic heterocycles. The van der Waals surface area contributed by atoms with Crippen LogP contribution >= 0.6 is 11.6 Å². The van der Waals surface area contributed by atoms with Crippen molar-refractivity contribution in [1.82, 2.24) is 0 Å². The molecule has 4 aliphatic carbocycles. The van der Waals surface area contributed by atoms with Gasteiger partial charge in [0.15, 0.2) is 18.4 Å². The minimum Gasteiger partial charge on any atom is -0.446 e. The first-order valence-electron chi connectivity index (χ1n) is 23.1. The van der Waals surface area contributed by atoms with E-state index in [1.165, 1.54) is 0 Å². The summed E-state index contributed by atoms with van der Waals surface area (Å²) in [6.07, 6.45) is -9.67. The number of hydrogen-bond acceptors (Lipinski definition) is 15. The summed E-state index contributed by atoms with van der Waals surface area (Å²) in [7, 11) is 0. The molecule has 63 heavy (non-hydrogen) atoms. The molecule has 0 bridgehead atoms. The Morgan fingerprint density at radius 2 is 1.57 bits per heavy atom. The van der Waals surface area contributed by atoms with Gasteiger partial charge in [-0.2, -0.15) is 0 Å². The van der Waals surface area contributed by atoms with Crippen LogP contribution in [0.15, 0.2) is 24.3 Å². The van der Waals surface area contributed by atoms with Gasteiger partial charge in [-0.3, -0.25) is 10.1 Å². The van der Waals surface area contributed by atoms with Crippen molar-refractivity contribution in [2.24, 2.45) is 52.3 Å². The number of carbonyl (C=O) groups is 2. The standard InChI is InChI=1S/C46H66ClNO15/c1-21-11-14-46(58-19-21)22(2)33-30(63-46)16-28-27-10-5-23-15-26(12-13-44(23,3)34(27)29(50)17-45(28,33)4)59-41-39(55)37(53)40(62-42-38(54)36(52)35(51)31(18-49)60-42)32(61-41)20-57-43(56)48-25-8-6-24(47)7-9-25/h6-9,21-23,26-28,30-42,49,51-55H,5,10-20H2,1-4H3,(H,48,56)/t21-,22+,23+,26+,27+,28+,30+,31-,32-,33+,34-,35-,36+,37-,38-,39-,40-,41-,42+,44+,45+,46-/m1/s1. The Balaban J connectivity index is 0.871. The highest BCUT2D eigenvalue weighted by molar-refractivity contribution is 6.30. The van der Waals surface area contributed by atoms with E-state index in [4.69, 9.17) is 44.8 Å². The predicted molar refractivity (Wildman–Crippen MR) is 223 cm³/mol. The quantitative estimate of drug-likeness (QED) is 0.185. The monoisotopic (exact) mass is 907 g/mol. The fourth-order valence-electron chi connectivity index (χ4n) is 13.9. The minimum absolute atomic E-state index is 0.0654. The lowest BCUT2D eigenvalue weighted by Gasteiger charge is -2.60. The van der Waals surface area contributed by atoms with Crippen LogP contribution in [0.5, 0.6) is 0 Å². The fraction of sp³-hybridized carbons (Fsp3) is 0.826. The predicted octanol–water partition coefficient (Wildman–Crippen LogP) is 3.53. The maximum absolute atomic E-state index is 14.6. The number of carbonyl (C=O) groups excluding carboxylic acids is 2. The van der Waals surface area contributed by atoms with Gasteiger partial charge in [-0.25, -0.2) is 4.79 Å². The molecule has 0 aromatic heterocycles. The van der Waals surface area contributed by atoms with E-state index in [-0.39, 0.29) is 52.6 Å². The molecule has 4 heterocycles. The van der Waals surface area contributed by atoms with Crippen molar-refractivity contribution in [3.63, 3.8) is 0 Å². The van der Waals surface area contributed by atoms with Crippen LogP contribution < -0.4 is 5.32 Å². The Morgan fingerprint density at radius 3 is 2.29 bits per heavy atom. The third-order valence-corrected chi connectivity index (χ3v) is 17.4. The molecule has 1 spiro atoms. The summed E-state index contributed by atoms with van der Waals surface area (Å²) >= 11 is 5.98. The van der Waals surface area contributed by atoms with E-state index >= 15 is 0 Å². The fourth-order valence-corrected chi connectivity index (χ4v) is 14.0. The molecule has 1 amide bonds. The van der Waals surface area contributed by atoms with Crippen LogP contribution in [0.25, 0.3) is 0 Å². The summed E-state index contributed by atoms with van der Waals surface area (Å²) in [6.45, 7) is 8.64. The molecule has 17 heteroatoms. The summed E-state index contributed by atoms with van der Waals surface area (Å²) < 4.78 is 43.1. The first-order valence-corrected chi connectivity index (χ1v) is 23.5. The molecule has 7 N–H and O–H groups in total. The largest absolute Gasteiger partial charge is 0.446 e. The lowest BCUT2D eigenvalue weighted by atomic mass is 9.44. The molecule has 4 saturated carbocycles. The Morgan fingerprint density at radius 1 is 0.857 bits per heavy atom. The van der Waals surface area contributed by atoms with E-state index in [0.717, 1.165) is 38.5 Å². The van der Waals surface area contributed by atoms with Gasteiger partial charge in [0.2, 0.25) is 0 Å². The third kappa shape index (κ3) is 8.08. The molecule has 8 aliphatic rings. The van der Waals surface area contributed by atoms with Crippen molar-refractivity contribution in [3.8, 4) is 0 Å². The number of ketones is 1. The Hall–Kier alpha value is -2.03. The zero-order valence-electron chi connectivity index (χ0n) is 36.5. The van der Waals surface area contributed by atoms with Crippen molar-refractivity contribution in [2.45, 2.75) is 165 Å². The van der Waals surface area contributed by atoms with Crippen LogP contribution in [0.4, 0.5) is 10.5 Å². The van der Waals surface area contributed by atoms with Crippen LogP contribution in [0.1, 0.15) is 85.5 Å². The zero-order chi connectivity index (χ0) is 44.7. The van der Waals surface area contributed by atoms with Crippen LogP contribution in [-0.2, 0) is 38.0 Å². The number of hydrogen-bond donors (Lipinski definition) is 7. The Kier molecular flexibility index (Phi) is 12.9. The second kappa shape index (κ2) is 17.6. The number of nitrogens with one attached hydrogen (secondary N) is 1. The van der Waals surface area contributed by atoms with Crippen LogP contribution in [0.2, 0.25) is 5.02 Å². The first-order chi connectivity index (χ1) is 30.0. The van der Waals surface area contributed by atoms with Gasteiger partial charge < -0.3 is 63.8 Å². The van der Waals surface area contributed by atoms with E-state index in [1.807, 2.05) is 0 Å². The first kappa shape index (κ1) is 46.1. The number of aliphatic hydroxyl groups excluding tert-OH is 6. The second-order valence-corrected chi connectivity index (χ2v) is 21.2. The van der Waals surface area contributed by atoms with Crippen LogP contribution in [0, 0.1) is 52.3 Å². The molecule has 16 nitrogen and oxygen atoms in total. The van der Waals surface area contributed by atoms with E-state index in [9.17, 15) is 40.2 Å². The third-order valence-electron chi connectivity index (χ3n) is 17.1. The summed E-state index contributed by atoms with van der Waals surface area (Å²) in [5.74, 6) is 1.61. The lowest BCUT2D eigenvalue weighted by molar-refractivity contribution is -0.364. The number of anilines is 1. The minimum atomic E-state index is -1.82. The molecule has 22 atom stereocenters. The summed E-state index contributed by atoms with van der Waals surface area (Å²) in [5, 5.41) is 67.3. The Labute approximate surface area is 373 Å². The summed E-state index contributed by atoms with van der Waals surface area (Å²) in [5.41, 5.74) is 0.0192. The molecule has 0 unspecified atom stereocenters. The van der Waals surface area contributed by atoms with Gasteiger partial charge in [0.25, 0.3) is 0 Å². The second-order valence-electron chi connectivity index (χ2n) is 20.7. The Bertz CT molecular complexity index is 1820. The van der Waals surface area contributed by atoms with Crippen molar-refractivity contribution >= 4 is 29.2 Å². The maximum atomic E-state index is 14.6. The van der Waals surface area contributed by atoms with Crippen molar-refractivity contribution in [1.29, 1.82) is 0 Å². The number of aliphatic hydroxyl groups is 6. The van der Waals surface area contributed by atoms with Gasteiger partial charge in [0.1, 0.15) is 61.2 Å². The van der Waals surface area contributed by atoms with Crippen molar-refractivity contribution < 1.29 is 73.4 Å². The number of fused-ring (bicyclic) bond motifs is 7. The lowest BCUT2D eigenvalue weighted by Crippen LogP contribution is -2.65. The SMILES string of the molecule is C[C@@H]1CC[C@@]2(OC1)O[C@H]1C[C@H]3[C@@H]4CC[C@H]5C[C@@H](O[C@@H]6O[C@H](COC(=O)Nc7ccc(Cl)cc7)[C@@H](O[C@@H]7O[C@H](CO)[C@@H](O)[C@H](O)[C@H]7O)[C@H](O)[C@H]6O)CC[C@]5(C)[C@H]4C(=O)C[C@]3(C)[C@H]1[C@@H]2C. The van der Waals surface area contributed by atoms with E-state index in [2.05, 4.69) is 33.0 Å². The van der Waals surface area contributed by atoms with E-state index in [0.29, 0.717) is 54.2 Å². The molecule has 8 fully saturated rings. The smallest absolute Gasteiger partial charge is 0.411 e. The van der Waals surface area contributed by atoms with Gasteiger partial charge in [-0.1, -0.05) is 39.3 Å². The number of rotatable bonds is 8. The molecule has 0 radical (unpaired) electrons. The average molecular weight is 908 g/mol. The van der Waals surface area contributed by atoms with E-state index < -0.39 is 86.5 Å². The molecule has 1 aromatic rings. The van der Waals surface area contributed by atoms with Gasteiger partial charge in [0, 0.05) is 35.4 Å². The molecular weight excluding hydrogens is 842 g/mol. The maximum Gasteiger partial charge on any atom is 0.411 e. The number of amides is 1. The number of ether oxygens (including phenoxy) is 7.